The molecule has 2 aromatic heterocycles. The van der Waals surface area contributed by atoms with E-state index in [4.69, 9.17) is 19.0 Å². The van der Waals surface area contributed by atoms with Crippen LogP contribution in [-0.2, 0) is 22.4 Å². The molecule has 7 heteroatoms. The Balaban J connectivity index is 1.54. The van der Waals surface area contributed by atoms with Gasteiger partial charge in [0, 0.05) is 37.8 Å². The molecule has 146 valence electrons. The molecule has 1 unspecified atom stereocenters. The number of aromatic nitrogens is 2. The van der Waals surface area contributed by atoms with Crippen molar-refractivity contribution in [2.75, 3.05) is 13.7 Å². The molecule has 0 aliphatic heterocycles. The molecule has 1 atom stereocenters. The molecular weight excluding hydrogens is 360 g/mol. The highest BCUT2D eigenvalue weighted by molar-refractivity contribution is 5.72. The fourth-order valence-corrected chi connectivity index (χ4v) is 2.72. The Morgan fingerprint density at radius 2 is 2.00 bits per heavy atom. The third-order valence-electron chi connectivity index (χ3n) is 4.28. The zero-order valence-corrected chi connectivity index (χ0v) is 15.8. The van der Waals surface area contributed by atoms with E-state index in [-0.39, 0.29) is 6.42 Å². The number of hydrogen-bond acceptors (Lipinski definition) is 6. The van der Waals surface area contributed by atoms with Crippen molar-refractivity contribution in [3.8, 4) is 17.3 Å². The second-order valence-corrected chi connectivity index (χ2v) is 6.26. The maximum Gasteiger partial charge on any atom is 0.333 e. The van der Waals surface area contributed by atoms with E-state index in [1.165, 1.54) is 7.11 Å². The number of ether oxygens (including phenoxy) is 2. The van der Waals surface area contributed by atoms with Crippen molar-refractivity contribution in [2.45, 2.75) is 25.9 Å². The van der Waals surface area contributed by atoms with Gasteiger partial charge < -0.3 is 19.0 Å². The van der Waals surface area contributed by atoms with Crippen molar-refractivity contribution in [1.82, 2.24) is 9.97 Å². The van der Waals surface area contributed by atoms with Gasteiger partial charge in [0.25, 0.3) is 0 Å². The Hall–Kier alpha value is -3.19. The molecular formula is C21H22N2O5. The monoisotopic (exact) mass is 382 g/mol. The maximum absolute atomic E-state index is 11.0. The van der Waals surface area contributed by atoms with E-state index in [0.29, 0.717) is 24.8 Å². The van der Waals surface area contributed by atoms with Gasteiger partial charge in [0.2, 0.25) is 11.8 Å². The molecule has 2 heterocycles. The average molecular weight is 382 g/mol. The Labute approximate surface area is 163 Å². The van der Waals surface area contributed by atoms with Gasteiger partial charge in [0.15, 0.2) is 6.10 Å². The van der Waals surface area contributed by atoms with Gasteiger partial charge in [0.1, 0.15) is 5.76 Å². The van der Waals surface area contributed by atoms with E-state index in [1.54, 1.807) is 18.3 Å². The summed E-state index contributed by atoms with van der Waals surface area (Å²) >= 11 is 0. The third-order valence-corrected chi connectivity index (χ3v) is 4.28. The van der Waals surface area contributed by atoms with Crippen molar-refractivity contribution in [3.63, 3.8) is 0 Å². The number of oxazole rings is 1. The molecule has 0 aliphatic rings. The first-order valence-corrected chi connectivity index (χ1v) is 8.92. The lowest BCUT2D eigenvalue weighted by Crippen LogP contribution is -2.24. The van der Waals surface area contributed by atoms with E-state index in [1.807, 2.05) is 37.3 Å². The van der Waals surface area contributed by atoms with Crippen LogP contribution in [0, 0.1) is 6.92 Å². The number of pyridine rings is 1. The minimum Gasteiger partial charge on any atom is -0.479 e. The summed E-state index contributed by atoms with van der Waals surface area (Å²) in [4.78, 5) is 19.8. The molecule has 0 saturated heterocycles. The second-order valence-electron chi connectivity index (χ2n) is 6.26. The van der Waals surface area contributed by atoms with Crippen molar-refractivity contribution in [3.05, 3.63) is 65.7 Å². The number of carboxylic acid groups (broad SMARTS) is 1. The van der Waals surface area contributed by atoms with Gasteiger partial charge in [0.05, 0.1) is 12.3 Å². The second kappa shape index (κ2) is 9.14. The Bertz CT molecular complexity index is 906. The van der Waals surface area contributed by atoms with Crippen LogP contribution in [0.4, 0.5) is 0 Å². The van der Waals surface area contributed by atoms with E-state index in [9.17, 15) is 4.79 Å². The Morgan fingerprint density at radius 3 is 2.64 bits per heavy atom. The van der Waals surface area contributed by atoms with E-state index in [2.05, 4.69) is 9.97 Å². The number of aliphatic carboxylic acids is 1. The van der Waals surface area contributed by atoms with Crippen LogP contribution in [0.3, 0.4) is 0 Å². The number of carbonyl (C=O) groups is 1. The number of carboxylic acids is 1. The summed E-state index contributed by atoms with van der Waals surface area (Å²) in [6.07, 6.45) is 1.55. The molecule has 0 amide bonds. The topological polar surface area (TPSA) is 94.7 Å². The highest BCUT2D eigenvalue weighted by Crippen LogP contribution is 2.21. The van der Waals surface area contributed by atoms with Gasteiger partial charge in [-0.25, -0.2) is 14.8 Å². The number of methoxy groups -OCH3 is 1. The lowest BCUT2D eigenvalue weighted by atomic mass is 10.1. The van der Waals surface area contributed by atoms with Gasteiger partial charge in [-0.1, -0.05) is 24.3 Å². The molecule has 0 spiro atoms. The number of hydrogen-bond donors (Lipinski definition) is 1. The molecule has 0 aliphatic carbocycles. The van der Waals surface area contributed by atoms with Crippen LogP contribution >= 0.6 is 0 Å². The molecule has 0 radical (unpaired) electrons. The molecule has 0 saturated carbocycles. The lowest BCUT2D eigenvalue weighted by molar-refractivity contribution is -0.148. The van der Waals surface area contributed by atoms with Crippen LogP contribution < -0.4 is 4.74 Å². The number of aryl methyl sites for hydroxylation is 1. The fourth-order valence-electron chi connectivity index (χ4n) is 2.72. The maximum atomic E-state index is 11.0. The highest BCUT2D eigenvalue weighted by Gasteiger charge is 2.17. The molecule has 3 aromatic rings. The van der Waals surface area contributed by atoms with Crippen LogP contribution in [0.2, 0.25) is 0 Å². The number of benzene rings is 1. The standard InChI is InChI=1S/C21H22N2O5/c1-14-17(23-20(28-14)16-6-4-3-5-7-16)10-11-27-19-9-8-15(13-22-19)12-18(26-2)21(24)25/h3-9,13,18H,10-12H2,1-2H3,(H,24,25). The predicted molar refractivity (Wildman–Crippen MR) is 102 cm³/mol. The zero-order valence-electron chi connectivity index (χ0n) is 15.8. The smallest absolute Gasteiger partial charge is 0.333 e. The van der Waals surface area contributed by atoms with E-state index < -0.39 is 12.1 Å². The summed E-state index contributed by atoms with van der Waals surface area (Å²) in [5.41, 5.74) is 2.55. The summed E-state index contributed by atoms with van der Waals surface area (Å²) in [5.74, 6) is 0.838. The van der Waals surface area contributed by atoms with Crippen LogP contribution in [0.25, 0.3) is 11.5 Å². The van der Waals surface area contributed by atoms with Crippen LogP contribution in [0.15, 0.2) is 53.1 Å². The first-order chi connectivity index (χ1) is 13.6. The van der Waals surface area contributed by atoms with Crippen molar-refractivity contribution < 1.29 is 23.8 Å². The zero-order chi connectivity index (χ0) is 19.9. The third kappa shape index (κ3) is 4.95. The minimum absolute atomic E-state index is 0.250. The van der Waals surface area contributed by atoms with Crippen LogP contribution in [0.5, 0.6) is 5.88 Å². The molecule has 7 nitrogen and oxygen atoms in total. The number of nitrogens with zero attached hydrogens (tertiary/aromatic N) is 2. The first kappa shape index (κ1) is 19.6. The quantitative estimate of drug-likeness (QED) is 0.607. The molecule has 0 bridgehead atoms. The number of rotatable bonds is 9. The Morgan fingerprint density at radius 1 is 1.21 bits per heavy atom. The van der Waals surface area contributed by atoms with Gasteiger partial charge in [-0.15, -0.1) is 0 Å². The molecule has 1 aromatic carbocycles. The molecule has 28 heavy (non-hydrogen) atoms. The Kier molecular flexibility index (Phi) is 6.39. The van der Waals surface area contributed by atoms with E-state index >= 15 is 0 Å². The predicted octanol–water partition coefficient (Wildman–Crippen LogP) is 3.31. The first-order valence-electron chi connectivity index (χ1n) is 8.92. The summed E-state index contributed by atoms with van der Waals surface area (Å²) < 4.78 is 16.3. The van der Waals surface area contributed by atoms with Crippen LogP contribution in [-0.4, -0.2) is 40.9 Å². The van der Waals surface area contributed by atoms with Crippen molar-refractivity contribution in [1.29, 1.82) is 0 Å². The minimum atomic E-state index is -0.999. The van der Waals surface area contributed by atoms with Gasteiger partial charge in [-0.05, 0) is 24.6 Å². The molecule has 3 rings (SSSR count). The summed E-state index contributed by atoms with van der Waals surface area (Å²) in [7, 11) is 1.37. The fraction of sp³-hybridized carbons (Fsp3) is 0.286. The largest absolute Gasteiger partial charge is 0.479 e. The summed E-state index contributed by atoms with van der Waals surface area (Å²) in [6, 6.07) is 13.2. The van der Waals surface area contributed by atoms with Gasteiger partial charge in [-0.3, -0.25) is 0 Å². The van der Waals surface area contributed by atoms with Gasteiger partial charge >= 0.3 is 5.97 Å². The lowest BCUT2D eigenvalue weighted by Gasteiger charge is -2.10. The molecule has 0 fully saturated rings. The SMILES string of the molecule is COC(Cc1ccc(OCCc2nc(-c3ccccc3)oc2C)nc1)C(=O)O. The highest BCUT2D eigenvalue weighted by atomic mass is 16.5. The summed E-state index contributed by atoms with van der Waals surface area (Å²) in [6.45, 7) is 2.29. The van der Waals surface area contributed by atoms with Crippen LogP contribution in [0.1, 0.15) is 17.0 Å². The van der Waals surface area contributed by atoms with E-state index in [0.717, 1.165) is 22.6 Å². The normalized spacial score (nSPS) is 11.9. The van der Waals surface area contributed by atoms with Gasteiger partial charge in [-0.2, -0.15) is 0 Å². The summed E-state index contributed by atoms with van der Waals surface area (Å²) in [5, 5.41) is 9.03. The van der Waals surface area contributed by atoms with Crippen molar-refractivity contribution >= 4 is 5.97 Å². The van der Waals surface area contributed by atoms with Crippen molar-refractivity contribution in [2.24, 2.45) is 0 Å². The molecule has 1 N–H and O–H groups in total. The average Bonchev–Trinajstić information content (AvgIpc) is 3.08.